The molecule has 9 nitrogen and oxygen atoms in total. The van der Waals surface area contributed by atoms with Crippen molar-refractivity contribution in [3.8, 4) is 11.3 Å². The van der Waals surface area contributed by atoms with Crippen molar-refractivity contribution in [1.29, 1.82) is 0 Å². The lowest BCUT2D eigenvalue weighted by Crippen LogP contribution is -2.44. The number of alkyl halides is 3. The molecule has 0 spiro atoms. The van der Waals surface area contributed by atoms with Gasteiger partial charge < -0.3 is 25.2 Å². The molecule has 3 rings (SSSR count). The fourth-order valence-electron chi connectivity index (χ4n) is 3.20. The predicted molar refractivity (Wildman–Crippen MR) is 124 cm³/mol. The zero-order chi connectivity index (χ0) is 26.5. The van der Waals surface area contributed by atoms with Crippen LogP contribution in [0.15, 0.2) is 59.1 Å². The minimum Gasteiger partial charge on any atom is -0.467 e. The van der Waals surface area contributed by atoms with Gasteiger partial charge >= 0.3 is 18.2 Å². The molecule has 0 bridgehead atoms. The largest absolute Gasteiger partial charge is 0.467 e. The van der Waals surface area contributed by atoms with Gasteiger partial charge in [0, 0.05) is 17.3 Å². The topological polar surface area (TPSA) is 123 Å². The van der Waals surface area contributed by atoms with E-state index in [4.69, 9.17) is 9.26 Å². The third-order valence-corrected chi connectivity index (χ3v) is 5.06. The van der Waals surface area contributed by atoms with Gasteiger partial charge in [-0.25, -0.2) is 9.59 Å². The minimum absolute atomic E-state index is 0.121. The maximum Gasteiger partial charge on any atom is 0.418 e. The molecule has 1 atom stereocenters. The summed E-state index contributed by atoms with van der Waals surface area (Å²) >= 11 is 0. The molecule has 12 heteroatoms. The molecule has 0 aliphatic carbocycles. The number of nitrogens with one attached hydrogen (secondary N) is 3. The summed E-state index contributed by atoms with van der Waals surface area (Å²) in [7, 11) is 1.22. The third-order valence-electron chi connectivity index (χ3n) is 5.06. The van der Waals surface area contributed by atoms with E-state index in [2.05, 4.69) is 21.1 Å². The van der Waals surface area contributed by atoms with Gasteiger partial charge in [-0.1, -0.05) is 43.3 Å². The Bertz CT molecular complexity index is 1240. The van der Waals surface area contributed by atoms with Crippen LogP contribution >= 0.6 is 0 Å². The van der Waals surface area contributed by atoms with Gasteiger partial charge in [-0.2, -0.15) is 13.2 Å². The number of rotatable bonds is 7. The van der Waals surface area contributed by atoms with Crippen molar-refractivity contribution < 1.29 is 36.8 Å². The summed E-state index contributed by atoms with van der Waals surface area (Å²) in [4.78, 5) is 36.5. The van der Waals surface area contributed by atoms with Crippen LogP contribution in [0.4, 0.5) is 29.3 Å². The van der Waals surface area contributed by atoms with Crippen molar-refractivity contribution in [2.45, 2.75) is 26.1 Å². The number of carbonyl (C=O) groups is 3. The van der Waals surface area contributed by atoms with Crippen LogP contribution in [0.25, 0.3) is 11.3 Å². The number of nitrogens with zero attached hydrogens (tertiary/aromatic N) is 1. The zero-order valence-electron chi connectivity index (χ0n) is 19.5. The van der Waals surface area contributed by atoms with Gasteiger partial charge in [0.05, 0.1) is 18.4 Å². The van der Waals surface area contributed by atoms with E-state index in [9.17, 15) is 27.6 Å². The van der Waals surface area contributed by atoms with E-state index in [0.717, 1.165) is 12.1 Å². The number of methoxy groups -OCH3 is 1. The van der Waals surface area contributed by atoms with Crippen molar-refractivity contribution in [2.24, 2.45) is 5.92 Å². The highest BCUT2D eigenvalue weighted by atomic mass is 19.4. The number of urea groups is 1. The van der Waals surface area contributed by atoms with E-state index in [1.165, 1.54) is 37.4 Å². The third kappa shape index (κ3) is 6.40. The summed E-state index contributed by atoms with van der Waals surface area (Å²) in [6, 6.07) is 10.4. The van der Waals surface area contributed by atoms with Gasteiger partial charge in [0.25, 0.3) is 5.91 Å². The molecular formula is C24H23F3N4O5. The van der Waals surface area contributed by atoms with Crippen LogP contribution in [0.5, 0.6) is 0 Å². The number of esters is 1. The van der Waals surface area contributed by atoms with Crippen LogP contribution in [-0.4, -0.2) is 36.2 Å². The van der Waals surface area contributed by atoms with Gasteiger partial charge in [0.15, 0.2) is 0 Å². The predicted octanol–water partition coefficient (Wildman–Crippen LogP) is 4.93. The van der Waals surface area contributed by atoms with Crippen molar-refractivity contribution in [3.63, 3.8) is 0 Å². The average Bonchev–Trinajstić information content (AvgIpc) is 3.32. The second kappa shape index (κ2) is 10.9. The van der Waals surface area contributed by atoms with E-state index in [-0.39, 0.29) is 17.4 Å². The molecule has 2 aromatic carbocycles. The summed E-state index contributed by atoms with van der Waals surface area (Å²) in [5.41, 5.74) is -0.180. The first kappa shape index (κ1) is 26.3. The van der Waals surface area contributed by atoms with Crippen LogP contribution in [-0.2, 0) is 15.7 Å². The lowest BCUT2D eigenvalue weighted by Gasteiger charge is -2.18. The molecule has 0 saturated heterocycles. The van der Waals surface area contributed by atoms with Crippen LogP contribution in [0, 0.1) is 5.92 Å². The Morgan fingerprint density at radius 1 is 1.00 bits per heavy atom. The second-order valence-corrected chi connectivity index (χ2v) is 7.99. The SMILES string of the molecule is COC(=O)C(NC(=O)c1cc(-c2ccc(NC(=O)Nc3ccccc3C(F)(F)F)cc2)no1)C(C)C. The Morgan fingerprint density at radius 3 is 2.28 bits per heavy atom. The number of ether oxygens (including phenoxy) is 1. The molecule has 3 aromatic rings. The molecule has 0 radical (unpaired) electrons. The molecule has 1 unspecified atom stereocenters. The second-order valence-electron chi connectivity index (χ2n) is 7.99. The Labute approximate surface area is 204 Å². The number of para-hydroxylation sites is 1. The van der Waals surface area contributed by atoms with Gasteiger partial charge in [0.1, 0.15) is 11.7 Å². The molecule has 3 amide bonds. The first-order chi connectivity index (χ1) is 17.0. The molecule has 0 saturated carbocycles. The quantitative estimate of drug-likeness (QED) is 0.392. The number of amides is 3. The normalized spacial score (nSPS) is 12.1. The lowest BCUT2D eigenvalue weighted by molar-refractivity contribution is -0.144. The summed E-state index contributed by atoms with van der Waals surface area (Å²) in [5.74, 6) is -1.58. The van der Waals surface area contributed by atoms with Crippen molar-refractivity contribution in [1.82, 2.24) is 10.5 Å². The van der Waals surface area contributed by atoms with Crippen LogP contribution in [0.3, 0.4) is 0 Å². The number of carbonyl (C=O) groups excluding carboxylic acids is 3. The van der Waals surface area contributed by atoms with Gasteiger partial charge in [0.2, 0.25) is 5.76 Å². The van der Waals surface area contributed by atoms with E-state index in [1.54, 1.807) is 26.0 Å². The monoisotopic (exact) mass is 504 g/mol. The highest BCUT2D eigenvalue weighted by Crippen LogP contribution is 2.34. The van der Waals surface area contributed by atoms with E-state index in [1.807, 2.05) is 0 Å². The van der Waals surface area contributed by atoms with Gasteiger partial charge in [-0.15, -0.1) is 0 Å². The highest BCUT2D eigenvalue weighted by molar-refractivity contribution is 6.00. The fraction of sp³-hybridized carbons (Fsp3) is 0.250. The Morgan fingerprint density at radius 2 is 1.67 bits per heavy atom. The first-order valence-electron chi connectivity index (χ1n) is 10.7. The smallest absolute Gasteiger partial charge is 0.418 e. The van der Waals surface area contributed by atoms with Gasteiger partial charge in [-0.05, 0) is 30.2 Å². The van der Waals surface area contributed by atoms with E-state index in [0.29, 0.717) is 16.9 Å². The average molecular weight is 504 g/mol. The number of anilines is 2. The Hall–Kier alpha value is -4.35. The lowest BCUT2D eigenvalue weighted by atomic mass is 10.0. The van der Waals surface area contributed by atoms with Crippen molar-refractivity contribution in [2.75, 3.05) is 17.7 Å². The molecular weight excluding hydrogens is 481 g/mol. The van der Waals surface area contributed by atoms with E-state index < -0.39 is 35.7 Å². The number of hydrogen-bond acceptors (Lipinski definition) is 6. The molecule has 3 N–H and O–H groups in total. The van der Waals surface area contributed by atoms with Crippen LogP contribution in [0.1, 0.15) is 30.0 Å². The fourth-order valence-corrected chi connectivity index (χ4v) is 3.20. The summed E-state index contributed by atoms with van der Waals surface area (Å²) in [6.45, 7) is 3.50. The molecule has 190 valence electrons. The van der Waals surface area contributed by atoms with Crippen molar-refractivity contribution in [3.05, 3.63) is 65.9 Å². The van der Waals surface area contributed by atoms with E-state index >= 15 is 0 Å². The number of halogens is 3. The van der Waals surface area contributed by atoms with Crippen molar-refractivity contribution >= 4 is 29.3 Å². The Balaban J connectivity index is 1.65. The minimum atomic E-state index is -4.62. The first-order valence-corrected chi connectivity index (χ1v) is 10.7. The summed E-state index contributed by atoms with van der Waals surface area (Å²) in [5, 5.41) is 11.0. The maximum absolute atomic E-state index is 13.1. The molecule has 0 fully saturated rings. The van der Waals surface area contributed by atoms with Crippen LogP contribution < -0.4 is 16.0 Å². The molecule has 0 aliphatic rings. The van der Waals surface area contributed by atoms with Gasteiger partial charge in [-0.3, -0.25) is 4.79 Å². The number of aromatic nitrogens is 1. The summed E-state index contributed by atoms with van der Waals surface area (Å²) in [6.07, 6.45) is -4.62. The van der Waals surface area contributed by atoms with Crippen LogP contribution in [0.2, 0.25) is 0 Å². The number of hydrogen-bond donors (Lipinski definition) is 3. The highest BCUT2D eigenvalue weighted by Gasteiger charge is 2.33. The zero-order valence-corrected chi connectivity index (χ0v) is 19.5. The molecule has 1 heterocycles. The molecule has 36 heavy (non-hydrogen) atoms. The number of benzene rings is 2. The molecule has 0 aliphatic heterocycles. The standard InChI is InChI=1S/C24H23F3N4O5/c1-13(2)20(22(33)35-3)30-21(32)19-12-18(31-36-19)14-8-10-15(11-9-14)28-23(34)29-17-7-5-4-6-16(17)24(25,26)27/h4-13,20H,1-3H3,(H,30,32)(H2,28,29,34). The Kier molecular flexibility index (Phi) is 7.97. The maximum atomic E-state index is 13.1. The molecule has 1 aromatic heterocycles. The summed E-state index contributed by atoms with van der Waals surface area (Å²) < 4.78 is 49.1.